The zero-order valence-corrected chi connectivity index (χ0v) is 56.7. The summed E-state index contributed by atoms with van der Waals surface area (Å²) in [5, 5.41) is 14.3. The molecule has 0 radical (unpaired) electrons. The normalized spacial score (nSPS) is 15.3. The molecule has 1 spiro atoms. The highest BCUT2D eigenvalue weighted by Gasteiger charge is 2.57. The van der Waals surface area contributed by atoms with Gasteiger partial charge in [0.15, 0.2) is 8.07 Å². The van der Waals surface area contributed by atoms with E-state index in [4.69, 9.17) is 0 Å². The minimum atomic E-state index is -3.23. The Morgan fingerprint density at radius 3 is 1.34 bits per heavy atom. The number of rotatable bonds is 1. The maximum atomic E-state index is 2.86. The van der Waals surface area contributed by atoms with Gasteiger partial charge in [0, 0.05) is 54.9 Å². The van der Waals surface area contributed by atoms with Crippen LogP contribution in [0.15, 0.2) is 140 Å². The number of hydrogen-bond donors (Lipinski definition) is 0. The predicted molar refractivity (Wildman–Crippen MR) is 381 cm³/mol. The summed E-state index contributed by atoms with van der Waals surface area (Å²) in [6.07, 6.45) is 0. The molecule has 0 aliphatic carbocycles. The Bertz CT molecular complexity index is 5050. The first-order valence-electron chi connectivity index (χ1n) is 32.4. The molecule has 0 bridgehead atoms. The predicted octanol–water partition coefficient (Wildman–Crippen LogP) is 16.9. The van der Waals surface area contributed by atoms with Crippen molar-refractivity contribution >= 4 is 117 Å². The summed E-state index contributed by atoms with van der Waals surface area (Å²) >= 11 is 0. The summed E-state index contributed by atoms with van der Waals surface area (Å²) in [7, 11) is -3.23. The fraction of sp³-hybridized carbons (Fsp3) is 0.341. The topological polar surface area (TPSA) is 14.8 Å². The number of nitrogens with zero attached hydrogens (tertiary/aromatic N) is 3. The Kier molecular flexibility index (Phi) is 10.5. The lowest BCUT2D eigenvalue weighted by Gasteiger charge is -2.43. The van der Waals surface area contributed by atoms with Gasteiger partial charge < -0.3 is 13.7 Å². The van der Waals surface area contributed by atoms with E-state index in [1.807, 2.05) is 0 Å². The van der Waals surface area contributed by atoms with E-state index in [9.17, 15) is 0 Å². The van der Waals surface area contributed by atoms with Crippen molar-refractivity contribution in [3.8, 4) is 28.2 Å². The minimum absolute atomic E-state index is 0.0213. The van der Waals surface area contributed by atoms with Crippen LogP contribution in [0.1, 0.15) is 184 Å². The molecular weight excluding hydrogens is 1070 g/mol. The Morgan fingerprint density at radius 1 is 0.299 bits per heavy atom. The van der Waals surface area contributed by atoms with E-state index in [0.717, 1.165) is 0 Å². The van der Waals surface area contributed by atoms with Gasteiger partial charge in [0.2, 0.25) is 0 Å². The Morgan fingerprint density at radius 2 is 0.770 bits per heavy atom. The van der Waals surface area contributed by atoms with Crippen LogP contribution in [0.5, 0.6) is 0 Å². The molecule has 7 heterocycles. The molecule has 9 aromatic carbocycles. The van der Waals surface area contributed by atoms with Gasteiger partial charge in [-0.15, -0.1) is 0 Å². The average molecular weight is 1150 g/mol. The van der Waals surface area contributed by atoms with E-state index < -0.39 is 8.07 Å². The highest BCUT2D eigenvalue weighted by molar-refractivity contribution is 7.24. The van der Waals surface area contributed by atoms with Crippen LogP contribution in [0.2, 0.25) is 0 Å². The second kappa shape index (κ2) is 16.7. The van der Waals surface area contributed by atoms with Gasteiger partial charge in [0.05, 0.1) is 27.6 Å². The summed E-state index contributed by atoms with van der Waals surface area (Å²) in [5.41, 5.74) is 28.2. The molecule has 16 rings (SSSR count). The zero-order chi connectivity index (χ0) is 61.5. The standard InChI is InChI=1S/C82H86BN3Si/c1-76(2,3)45-22-28-52(29-23-45)84-63-40-47(78(7,8)9)26-32-55(63)69-64(84)44-60-74-70(69)58-36-46(77(4,5)6)27-33-61(58)85(74)62-34-35-65-75-71(62)83(60)59-39-50(81(16,17)18)37-56-57-38-51(82(19,20)21)43-68(73(57)86(75)72(56)59)87(65)66-41-48(79(10,11)12)24-30-53(66)54-31-25-49(42-67(54)87)80(13,14)15/h22-44H,1-21H3. The van der Waals surface area contributed by atoms with Crippen LogP contribution in [0, 0.1) is 0 Å². The monoisotopic (exact) mass is 1150 g/mol. The lowest BCUT2D eigenvalue weighted by Crippen LogP contribution is -2.77. The molecule has 3 nitrogen and oxygen atoms in total. The fourth-order valence-electron chi connectivity index (χ4n) is 16.5. The molecule has 0 atom stereocenters. The molecule has 12 aromatic rings. The molecule has 0 saturated carbocycles. The van der Waals surface area contributed by atoms with Gasteiger partial charge in [0.25, 0.3) is 6.71 Å². The summed E-state index contributed by atoms with van der Waals surface area (Å²) < 4.78 is 8.28. The molecule has 4 aliphatic heterocycles. The Balaban J connectivity index is 1.16. The third-order valence-corrected chi connectivity index (χ3v) is 26.3. The molecule has 0 fully saturated rings. The Labute approximate surface area is 517 Å². The van der Waals surface area contributed by atoms with Crippen molar-refractivity contribution in [2.75, 3.05) is 0 Å². The highest BCUT2D eigenvalue weighted by atomic mass is 28.3. The van der Waals surface area contributed by atoms with Crippen LogP contribution in [0.3, 0.4) is 0 Å². The van der Waals surface area contributed by atoms with Crippen molar-refractivity contribution in [2.24, 2.45) is 0 Å². The maximum Gasteiger partial charge on any atom is 0.252 e. The van der Waals surface area contributed by atoms with Crippen molar-refractivity contribution in [1.29, 1.82) is 0 Å². The summed E-state index contributed by atoms with van der Waals surface area (Å²) in [6, 6.07) is 58.6. The van der Waals surface area contributed by atoms with Gasteiger partial charge in [0.1, 0.15) is 0 Å². The van der Waals surface area contributed by atoms with Gasteiger partial charge in [-0.25, -0.2) is 0 Å². The smallest absolute Gasteiger partial charge is 0.252 e. The zero-order valence-electron chi connectivity index (χ0n) is 55.7. The van der Waals surface area contributed by atoms with Gasteiger partial charge in [-0.05, 0) is 180 Å². The second-order valence-electron chi connectivity index (χ2n) is 34.3. The van der Waals surface area contributed by atoms with Crippen LogP contribution in [-0.4, -0.2) is 28.5 Å². The second-order valence-corrected chi connectivity index (χ2v) is 38.0. The molecule has 5 heteroatoms. The maximum absolute atomic E-state index is 3.23. The van der Waals surface area contributed by atoms with Crippen molar-refractivity contribution < 1.29 is 0 Å². The lowest BCUT2D eigenvalue weighted by molar-refractivity contribution is 0.590. The third kappa shape index (κ3) is 7.18. The van der Waals surface area contributed by atoms with Crippen molar-refractivity contribution in [3.63, 3.8) is 0 Å². The number of aromatic nitrogens is 3. The molecule has 0 unspecified atom stereocenters. The van der Waals surface area contributed by atoms with Crippen molar-refractivity contribution in [2.45, 2.75) is 183 Å². The van der Waals surface area contributed by atoms with Crippen LogP contribution in [-0.2, 0) is 37.9 Å². The van der Waals surface area contributed by atoms with Crippen LogP contribution >= 0.6 is 0 Å². The molecule has 4 aliphatic rings. The number of benzene rings is 9. The molecule has 0 saturated heterocycles. The van der Waals surface area contributed by atoms with Crippen molar-refractivity contribution in [3.05, 3.63) is 178 Å². The van der Waals surface area contributed by atoms with Gasteiger partial charge in [-0.1, -0.05) is 230 Å². The Hall–Kier alpha value is -7.34. The van der Waals surface area contributed by atoms with Crippen LogP contribution < -0.4 is 37.1 Å². The van der Waals surface area contributed by atoms with Gasteiger partial charge in [-0.3, -0.25) is 0 Å². The van der Waals surface area contributed by atoms with Gasteiger partial charge in [-0.2, -0.15) is 0 Å². The summed E-state index contributed by atoms with van der Waals surface area (Å²) in [5.74, 6) is 0. The number of fused-ring (bicyclic) bond motifs is 18. The average Bonchev–Trinajstić information content (AvgIpc) is 1.53. The third-order valence-electron chi connectivity index (χ3n) is 21.5. The van der Waals surface area contributed by atoms with Crippen LogP contribution in [0.4, 0.5) is 0 Å². The highest BCUT2D eigenvalue weighted by Crippen LogP contribution is 2.49. The SMILES string of the molecule is CC(C)(C)c1ccc(-n2c3cc(C(C)(C)C)ccc3c3c4c5cc(C(C)(C)C)ccc5n5c4c(cc32)B2c3c-5ccc4c3-n3c5c2cc(C(C)(C)C)cc5c2cc(C(C)(C)C)cc(c23)[Si]42c3cc(C(C)(C)C)ccc3-c3ccc(C(C)(C)C)cc32)cc1. The summed E-state index contributed by atoms with van der Waals surface area (Å²) in [6.45, 7) is 50.2. The summed E-state index contributed by atoms with van der Waals surface area (Å²) in [4.78, 5) is 0. The van der Waals surface area contributed by atoms with Gasteiger partial charge >= 0.3 is 0 Å². The van der Waals surface area contributed by atoms with E-state index in [2.05, 4.69) is 299 Å². The molecule has 3 aromatic heterocycles. The van der Waals surface area contributed by atoms with E-state index in [1.165, 1.54) is 154 Å². The van der Waals surface area contributed by atoms with Crippen molar-refractivity contribution in [1.82, 2.24) is 13.7 Å². The molecule has 87 heavy (non-hydrogen) atoms. The first-order chi connectivity index (χ1) is 40.6. The molecular formula is C82H86BN3Si. The molecule has 436 valence electrons. The van der Waals surface area contributed by atoms with E-state index in [-0.39, 0.29) is 44.6 Å². The minimum Gasteiger partial charge on any atom is -0.310 e. The fourth-order valence-corrected chi connectivity index (χ4v) is 22.2. The quantitative estimate of drug-likeness (QED) is 0.146. The number of hydrogen-bond acceptors (Lipinski definition) is 0. The largest absolute Gasteiger partial charge is 0.310 e. The first kappa shape index (κ1) is 55.0. The van der Waals surface area contributed by atoms with E-state index >= 15 is 0 Å². The van der Waals surface area contributed by atoms with Crippen LogP contribution in [0.25, 0.3) is 93.6 Å². The first-order valence-corrected chi connectivity index (χ1v) is 34.4. The van der Waals surface area contributed by atoms with E-state index in [1.54, 1.807) is 15.6 Å². The van der Waals surface area contributed by atoms with E-state index in [0.29, 0.717) is 0 Å². The molecule has 0 amide bonds. The lowest BCUT2D eigenvalue weighted by atomic mass is 9.34. The molecule has 0 N–H and O–H groups in total.